The Labute approximate surface area is 145 Å². The van der Waals surface area contributed by atoms with Gasteiger partial charge in [-0.3, -0.25) is 9.69 Å². The molecular formula is C18H21N3O2S. The van der Waals surface area contributed by atoms with Crippen molar-refractivity contribution >= 4 is 17.2 Å². The molecular weight excluding hydrogens is 322 g/mol. The molecule has 0 aliphatic carbocycles. The van der Waals surface area contributed by atoms with E-state index in [1.54, 1.807) is 13.3 Å². The number of hydrogen-bond acceptors (Lipinski definition) is 5. The number of amides is 1. The average molecular weight is 343 g/mol. The predicted octanol–water partition coefficient (Wildman–Crippen LogP) is 2.99. The molecule has 1 amide bonds. The third-order valence-corrected chi connectivity index (χ3v) is 6.14. The van der Waals surface area contributed by atoms with E-state index >= 15 is 0 Å². The largest absolute Gasteiger partial charge is 0.481 e. The number of thiophene rings is 1. The maximum Gasteiger partial charge on any atom is 0.262 e. The van der Waals surface area contributed by atoms with Gasteiger partial charge in [0.25, 0.3) is 5.91 Å². The number of nitrogens with zero attached hydrogens (tertiary/aromatic N) is 2. The van der Waals surface area contributed by atoms with Crippen molar-refractivity contribution in [3.63, 3.8) is 0 Å². The minimum absolute atomic E-state index is 0.0327. The minimum Gasteiger partial charge on any atom is -0.481 e. The summed E-state index contributed by atoms with van der Waals surface area (Å²) in [5.74, 6) is 1.41. The van der Waals surface area contributed by atoms with Crippen molar-refractivity contribution < 1.29 is 9.53 Å². The number of pyridine rings is 1. The molecule has 3 fully saturated rings. The number of rotatable bonds is 4. The number of ether oxygens (including phenoxy) is 1. The molecule has 0 spiro atoms. The number of carbonyl (C=O) groups is 1. The van der Waals surface area contributed by atoms with Crippen molar-refractivity contribution in [2.24, 2.45) is 5.92 Å². The highest BCUT2D eigenvalue weighted by molar-refractivity contribution is 7.17. The van der Waals surface area contributed by atoms with E-state index in [1.165, 1.54) is 24.2 Å². The zero-order valence-corrected chi connectivity index (χ0v) is 14.5. The zero-order chi connectivity index (χ0) is 16.5. The van der Waals surface area contributed by atoms with Gasteiger partial charge < -0.3 is 10.1 Å². The highest BCUT2D eigenvalue weighted by Gasteiger charge is 2.34. The fourth-order valence-corrected chi connectivity index (χ4v) is 4.50. The molecule has 0 aromatic carbocycles. The van der Waals surface area contributed by atoms with Gasteiger partial charge in [0.1, 0.15) is 0 Å². The molecule has 5 rings (SSSR count). The van der Waals surface area contributed by atoms with Crippen LogP contribution in [-0.4, -0.2) is 42.2 Å². The van der Waals surface area contributed by atoms with Crippen molar-refractivity contribution in [1.29, 1.82) is 0 Å². The van der Waals surface area contributed by atoms with Crippen LogP contribution in [0.15, 0.2) is 30.5 Å². The van der Waals surface area contributed by atoms with Crippen LogP contribution in [0.1, 0.15) is 28.9 Å². The first-order valence-corrected chi connectivity index (χ1v) is 9.20. The highest BCUT2D eigenvalue weighted by atomic mass is 32.1. The zero-order valence-electron chi connectivity index (χ0n) is 13.7. The predicted molar refractivity (Wildman–Crippen MR) is 94.3 cm³/mol. The van der Waals surface area contributed by atoms with Gasteiger partial charge in [-0.25, -0.2) is 4.98 Å². The number of aromatic nitrogens is 1. The standard InChI is InChI=1S/C18H21N3O2S/c1-23-17-5-2-13(11-19-17)14-3-4-15(24-14)18(22)20-16-10-12-6-8-21(16)9-7-12/h2-5,11-12,16H,6-10H2,1H3,(H,20,22). The van der Waals surface area contributed by atoms with Crippen LogP contribution in [0.5, 0.6) is 5.88 Å². The Morgan fingerprint density at radius 3 is 2.75 bits per heavy atom. The van der Waals surface area contributed by atoms with Gasteiger partial charge in [0.05, 0.1) is 18.2 Å². The molecule has 5 heterocycles. The van der Waals surface area contributed by atoms with Crippen LogP contribution in [0.3, 0.4) is 0 Å². The first kappa shape index (κ1) is 15.6. The molecule has 5 nitrogen and oxygen atoms in total. The molecule has 3 aliphatic rings. The summed E-state index contributed by atoms with van der Waals surface area (Å²) < 4.78 is 5.08. The summed E-state index contributed by atoms with van der Waals surface area (Å²) in [7, 11) is 1.60. The highest BCUT2D eigenvalue weighted by Crippen LogP contribution is 2.32. The summed E-state index contributed by atoms with van der Waals surface area (Å²) >= 11 is 1.50. The summed E-state index contributed by atoms with van der Waals surface area (Å²) in [6, 6.07) is 7.68. The number of carbonyl (C=O) groups excluding carboxylic acids is 1. The number of piperidine rings is 3. The third-order valence-electron chi connectivity index (χ3n) is 5.00. The van der Waals surface area contributed by atoms with Crippen molar-refractivity contribution in [3.05, 3.63) is 35.3 Å². The SMILES string of the molecule is COc1ccc(-c2ccc(C(=O)NC3CC4CCN3CC4)s2)cn1. The smallest absolute Gasteiger partial charge is 0.262 e. The van der Waals surface area contributed by atoms with Crippen LogP contribution < -0.4 is 10.1 Å². The van der Waals surface area contributed by atoms with Crippen LogP contribution in [0.2, 0.25) is 0 Å². The minimum atomic E-state index is 0.0327. The maximum absolute atomic E-state index is 12.6. The topological polar surface area (TPSA) is 54.5 Å². The summed E-state index contributed by atoms with van der Waals surface area (Å²) in [5, 5.41) is 3.21. The van der Waals surface area contributed by atoms with E-state index in [9.17, 15) is 4.79 Å². The van der Waals surface area contributed by atoms with E-state index in [2.05, 4.69) is 15.2 Å². The number of methoxy groups -OCH3 is 1. The summed E-state index contributed by atoms with van der Waals surface area (Å²) in [6.45, 7) is 2.23. The van der Waals surface area contributed by atoms with Gasteiger partial charge in [-0.15, -0.1) is 11.3 Å². The summed E-state index contributed by atoms with van der Waals surface area (Å²) in [4.78, 5) is 21.0. The van der Waals surface area contributed by atoms with Crippen molar-refractivity contribution in [3.8, 4) is 16.3 Å². The quantitative estimate of drug-likeness (QED) is 0.927. The molecule has 24 heavy (non-hydrogen) atoms. The molecule has 0 radical (unpaired) electrons. The Balaban J connectivity index is 1.44. The average Bonchev–Trinajstić information content (AvgIpc) is 3.13. The van der Waals surface area contributed by atoms with E-state index < -0.39 is 0 Å². The first-order chi connectivity index (χ1) is 11.7. The van der Waals surface area contributed by atoms with Gasteiger partial charge in [0.15, 0.2) is 0 Å². The normalized spacial score (nSPS) is 25.5. The number of fused-ring (bicyclic) bond motifs is 3. The second-order valence-corrected chi connectivity index (χ2v) is 7.54. The number of nitrogens with one attached hydrogen (secondary N) is 1. The fourth-order valence-electron chi connectivity index (χ4n) is 3.60. The molecule has 1 N–H and O–H groups in total. The first-order valence-electron chi connectivity index (χ1n) is 8.38. The Kier molecular flexibility index (Phi) is 4.24. The fraction of sp³-hybridized carbons (Fsp3) is 0.444. The lowest BCUT2D eigenvalue weighted by Crippen LogP contribution is -2.56. The van der Waals surface area contributed by atoms with Crippen molar-refractivity contribution in [1.82, 2.24) is 15.2 Å². The van der Waals surface area contributed by atoms with Gasteiger partial charge in [-0.2, -0.15) is 0 Å². The van der Waals surface area contributed by atoms with Gasteiger partial charge >= 0.3 is 0 Å². The molecule has 1 unspecified atom stereocenters. The second-order valence-electron chi connectivity index (χ2n) is 6.46. The maximum atomic E-state index is 12.6. The van der Waals surface area contributed by atoms with E-state index in [4.69, 9.17) is 4.74 Å². The monoisotopic (exact) mass is 343 g/mol. The molecule has 2 aromatic rings. The Morgan fingerprint density at radius 2 is 2.12 bits per heavy atom. The van der Waals surface area contributed by atoms with Crippen LogP contribution >= 0.6 is 11.3 Å². The molecule has 6 heteroatoms. The van der Waals surface area contributed by atoms with Gasteiger partial charge in [0.2, 0.25) is 5.88 Å². The third kappa shape index (κ3) is 3.03. The molecule has 126 valence electrons. The lowest BCUT2D eigenvalue weighted by atomic mass is 9.86. The second kappa shape index (κ2) is 6.53. The summed E-state index contributed by atoms with van der Waals surface area (Å²) in [6.07, 6.45) is 5.63. The van der Waals surface area contributed by atoms with Gasteiger partial charge in [-0.05, 0) is 43.4 Å². The van der Waals surface area contributed by atoms with E-state index in [1.807, 2.05) is 24.3 Å². The molecule has 3 aliphatic heterocycles. The summed E-state index contributed by atoms with van der Waals surface area (Å²) in [5.41, 5.74) is 1.00. The van der Waals surface area contributed by atoms with Crippen molar-refractivity contribution in [2.75, 3.05) is 20.2 Å². The van der Waals surface area contributed by atoms with Gasteiger partial charge in [-0.1, -0.05) is 0 Å². The van der Waals surface area contributed by atoms with E-state index in [0.29, 0.717) is 5.88 Å². The molecule has 2 bridgehead atoms. The lowest BCUT2D eigenvalue weighted by molar-refractivity contribution is 0.0296. The van der Waals surface area contributed by atoms with Crippen molar-refractivity contribution in [2.45, 2.75) is 25.4 Å². The Morgan fingerprint density at radius 1 is 1.29 bits per heavy atom. The van der Waals surface area contributed by atoms with Crippen LogP contribution in [0.25, 0.3) is 10.4 Å². The molecule has 1 atom stereocenters. The number of hydrogen-bond donors (Lipinski definition) is 1. The van der Waals surface area contributed by atoms with Gasteiger partial charge in [0, 0.05) is 35.8 Å². The van der Waals surface area contributed by atoms with Crippen LogP contribution in [-0.2, 0) is 0 Å². The lowest BCUT2D eigenvalue weighted by Gasteiger charge is -2.45. The van der Waals surface area contributed by atoms with Crippen LogP contribution in [0.4, 0.5) is 0 Å². The van der Waals surface area contributed by atoms with Crippen LogP contribution in [0, 0.1) is 5.92 Å². The molecule has 2 aromatic heterocycles. The van der Waals surface area contributed by atoms with E-state index in [0.717, 1.165) is 40.7 Å². The Bertz CT molecular complexity index is 720. The Hall–Kier alpha value is -1.92. The molecule has 3 saturated heterocycles. The van der Waals surface area contributed by atoms with E-state index in [-0.39, 0.29) is 12.1 Å². The molecule has 0 saturated carbocycles.